The summed E-state index contributed by atoms with van der Waals surface area (Å²) in [5.41, 5.74) is 11.0. The van der Waals surface area contributed by atoms with E-state index < -0.39 is 0 Å². The van der Waals surface area contributed by atoms with Gasteiger partial charge in [0.1, 0.15) is 11.5 Å². The van der Waals surface area contributed by atoms with E-state index in [1.807, 2.05) is 0 Å². The molecule has 7 heteroatoms. The van der Waals surface area contributed by atoms with Crippen molar-refractivity contribution in [2.24, 2.45) is 21.7 Å². The van der Waals surface area contributed by atoms with Crippen LogP contribution in [0.15, 0.2) is 28.4 Å². The number of benzene rings is 1. The second kappa shape index (κ2) is 7.34. The molecule has 0 fully saturated rings. The van der Waals surface area contributed by atoms with Crippen LogP contribution in [0.4, 0.5) is 0 Å². The van der Waals surface area contributed by atoms with Gasteiger partial charge in [-0.15, -0.1) is 17.5 Å². The van der Waals surface area contributed by atoms with Crippen LogP contribution in [0.5, 0.6) is 11.5 Å². The van der Waals surface area contributed by atoms with Crippen LogP contribution in [-0.4, -0.2) is 26.4 Å². The van der Waals surface area contributed by atoms with E-state index in [9.17, 15) is 0 Å². The second-order valence-electron chi connectivity index (χ2n) is 2.92. The minimum absolute atomic E-state index is 0. The van der Waals surface area contributed by atoms with Gasteiger partial charge in [0, 0.05) is 11.6 Å². The molecule has 1 aromatic rings. The summed E-state index contributed by atoms with van der Waals surface area (Å²) in [5, 5.41) is 7.18. The first-order valence-electron chi connectivity index (χ1n) is 4.50. The number of hydrogen-bond acceptors (Lipinski definition) is 4. The van der Waals surface area contributed by atoms with Gasteiger partial charge in [0.2, 0.25) is 5.96 Å². The maximum absolute atomic E-state index is 5.13. The number of methoxy groups -OCH3 is 2. The number of hydrogen-bond donors (Lipinski definition) is 2. The molecule has 1 aromatic carbocycles. The Morgan fingerprint density at radius 1 is 1.12 bits per heavy atom. The zero-order valence-electron chi connectivity index (χ0n) is 9.58. The SMILES string of the molecule is COc1cc(C=NN=C(N)N)cc(OC)c1.Cl. The van der Waals surface area contributed by atoms with Crippen LogP contribution in [0.25, 0.3) is 0 Å². The van der Waals surface area contributed by atoms with E-state index in [1.54, 1.807) is 32.4 Å². The molecule has 0 bridgehead atoms. The summed E-state index contributed by atoms with van der Waals surface area (Å²) in [6.07, 6.45) is 1.50. The molecule has 0 spiro atoms. The lowest BCUT2D eigenvalue weighted by Gasteiger charge is -2.04. The zero-order valence-corrected chi connectivity index (χ0v) is 10.4. The molecule has 6 nitrogen and oxygen atoms in total. The Balaban J connectivity index is 0.00000256. The topological polar surface area (TPSA) is 95.2 Å². The molecule has 0 aliphatic heterocycles. The fraction of sp³-hybridized carbons (Fsp3) is 0.200. The van der Waals surface area contributed by atoms with Gasteiger partial charge in [-0.3, -0.25) is 0 Å². The third-order valence-electron chi connectivity index (χ3n) is 1.75. The lowest BCUT2D eigenvalue weighted by molar-refractivity contribution is 0.394. The van der Waals surface area contributed by atoms with Crippen molar-refractivity contribution in [1.82, 2.24) is 0 Å². The normalized spacial score (nSPS) is 9.53. The highest BCUT2D eigenvalue weighted by Crippen LogP contribution is 2.21. The monoisotopic (exact) mass is 258 g/mol. The summed E-state index contributed by atoms with van der Waals surface area (Å²) in [5.74, 6) is 1.25. The van der Waals surface area contributed by atoms with Crippen LogP contribution in [0, 0.1) is 0 Å². The van der Waals surface area contributed by atoms with Gasteiger partial charge in [-0.2, -0.15) is 5.10 Å². The van der Waals surface area contributed by atoms with E-state index in [0.29, 0.717) is 11.5 Å². The van der Waals surface area contributed by atoms with Gasteiger partial charge >= 0.3 is 0 Å². The summed E-state index contributed by atoms with van der Waals surface area (Å²) in [7, 11) is 3.15. The predicted molar refractivity (Wildman–Crippen MR) is 70.2 cm³/mol. The molecule has 0 aliphatic carbocycles. The van der Waals surface area contributed by atoms with E-state index in [0.717, 1.165) is 5.56 Å². The van der Waals surface area contributed by atoms with Crippen LogP contribution in [0.2, 0.25) is 0 Å². The quantitative estimate of drug-likeness (QED) is 0.473. The van der Waals surface area contributed by atoms with Crippen LogP contribution in [0.1, 0.15) is 5.56 Å². The van der Waals surface area contributed by atoms with E-state index >= 15 is 0 Å². The van der Waals surface area contributed by atoms with Crippen molar-refractivity contribution in [2.45, 2.75) is 0 Å². The molecule has 17 heavy (non-hydrogen) atoms. The Morgan fingerprint density at radius 3 is 2.06 bits per heavy atom. The summed E-state index contributed by atoms with van der Waals surface area (Å²) < 4.78 is 10.2. The van der Waals surface area contributed by atoms with Crippen LogP contribution >= 0.6 is 12.4 Å². The molecule has 0 aromatic heterocycles. The molecule has 0 saturated carbocycles. The number of ether oxygens (including phenoxy) is 2. The molecule has 1 rings (SSSR count). The van der Waals surface area contributed by atoms with Crippen molar-refractivity contribution in [3.05, 3.63) is 23.8 Å². The maximum atomic E-state index is 5.13. The van der Waals surface area contributed by atoms with E-state index in [4.69, 9.17) is 20.9 Å². The molecular formula is C10H15ClN4O2. The molecule has 0 radical (unpaired) electrons. The van der Waals surface area contributed by atoms with Gasteiger partial charge in [-0.05, 0) is 12.1 Å². The second-order valence-corrected chi connectivity index (χ2v) is 2.92. The fourth-order valence-electron chi connectivity index (χ4n) is 1.07. The first-order valence-corrected chi connectivity index (χ1v) is 4.50. The van der Waals surface area contributed by atoms with Crippen LogP contribution < -0.4 is 20.9 Å². The van der Waals surface area contributed by atoms with Crippen molar-refractivity contribution < 1.29 is 9.47 Å². The van der Waals surface area contributed by atoms with Crippen molar-refractivity contribution in [2.75, 3.05) is 14.2 Å². The van der Waals surface area contributed by atoms with Crippen molar-refractivity contribution >= 4 is 24.6 Å². The number of rotatable bonds is 4. The minimum Gasteiger partial charge on any atom is -0.497 e. The van der Waals surface area contributed by atoms with Gasteiger partial charge in [-0.25, -0.2) is 0 Å². The number of halogens is 1. The number of nitrogens with two attached hydrogens (primary N) is 2. The van der Waals surface area contributed by atoms with Gasteiger partial charge in [0.05, 0.1) is 20.4 Å². The number of guanidine groups is 1. The summed E-state index contributed by atoms with van der Waals surface area (Å²) in [6.45, 7) is 0. The van der Waals surface area contributed by atoms with Crippen molar-refractivity contribution in [3.8, 4) is 11.5 Å². The smallest absolute Gasteiger partial charge is 0.211 e. The molecular weight excluding hydrogens is 244 g/mol. The standard InChI is InChI=1S/C10H14N4O2.ClH/c1-15-8-3-7(4-9(5-8)16-2)6-13-14-10(11)12;/h3-6H,1-2H3,(H4,11,12,14);1H. The molecule has 94 valence electrons. The van der Waals surface area contributed by atoms with Gasteiger partial charge in [0.25, 0.3) is 0 Å². The van der Waals surface area contributed by atoms with Gasteiger partial charge < -0.3 is 20.9 Å². The Hall–Kier alpha value is -1.95. The summed E-state index contributed by atoms with van der Waals surface area (Å²) >= 11 is 0. The Kier molecular flexibility index (Phi) is 6.50. The molecule has 0 unspecified atom stereocenters. The van der Waals surface area contributed by atoms with Gasteiger partial charge in [-0.1, -0.05) is 0 Å². The van der Waals surface area contributed by atoms with Crippen molar-refractivity contribution in [3.63, 3.8) is 0 Å². The Labute approximate surface area is 106 Å². The zero-order chi connectivity index (χ0) is 12.0. The average molecular weight is 259 g/mol. The fourth-order valence-corrected chi connectivity index (χ4v) is 1.07. The molecule has 0 amide bonds. The van der Waals surface area contributed by atoms with E-state index in [1.165, 1.54) is 6.21 Å². The predicted octanol–water partition coefficient (Wildman–Crippen LogP) is 0.733. The van der Waals surface area contributed by atoms with Crippen LogP contribution in [-0.2, 0) is 0 Å². The molecule has 0 saturated heterocycles. The summed E-state index contributed by atoms with van der Waals surface area (Å²) in [6, 6.07) is 5.33. The first kappa shape index (κ1) is 15.0. The Morgan fingerprint density at radius 2 is 1.65 bits per heavy atom. The summed E-state index contributed by atoms with van der Waals surface area (Å²) in [4.78, 5) is 0. The third kappa shape index (κ3) is 5.07. The molecule has 0 aliphatic rings. The van der Waals surface area contributed by atoms with E-state index in [2.05, 4.69) is 10.2 Å². The molecule has 0 heterocycles. The van der Waals surface area contributed by atoms with Gasteiger partial charge in [0.15, 0.2) is 0 Å². The average Bonchev–Trinajstić information content (AvgIpc) is 2.28. The van der Waals surface area contributed by atoms with E-state index in [-0.39, 0.29) is 18.4 Å². The maximum Gasteiger partial charge on any atom is 0.211 e. The number of nitrogens with zero attached hydrogens (tertiary/aromatic N) is 2. The first-order chi connectivity index (χ1) is 7.65. The molecule has 0 atom stereocenters. The van der Waals surface area contributed by atoms with Crippen molar-refractivity contribution in [1.29, 1.82) is 0 Å². The third-order valence-corrected chi connectivity index (χ3v) is 1.75. The highest BCUT2D eigenvalue weighted by atomic mass is 35.5. The van der Waals surface area contributed by atoms with Crippen LogP contribution in [0.3, 0.4) is 0 Å². The lowest BCUT2D eigenvalue weighted by atomic mass is 10.2. The highest BCUT2D eigenvalue weighted by molar-refractivity contribution is 5.85. The highest BCUT2D eigenvalue weighted by Gasteiger charge is 1.99. The molecule has 4 N–H and O–H groups in total. The minimum atomic E-state index is -0.0916. The largest absolute Gasteiger partial charge is 0.497 e. The Bertz CT molecular complexity index is 395. The lowest BCUT2D eigenvalue weighted by Crippen LogP contribution is -2.21.